The van der Waals surface area contributed by atoms with E-state index in [4.69, 9.17) is 4.74 Å². The average Bonchev–Trinajstić information content (AvgIpc) is 3.03. The van der Waals surface area contributed by atoms with Crippen LogP contribution in [0.2, 0.25) is 0 Å². The van der Waals surface area contributed by atoms with E-state index in [1.54, 1.807) is 0 Å². The van der Waals surface area contributed by atoms with Crippen LogP contribution < -0.4 is 5.32 Å². The molecular formula is C17H27N3O2. The third kappa shape index (κ3) is 2.74. The van der Waals surface area contributed by atoms with Crippen molar-refractivity contribution in [1.29, 1.82) is 0 Å². The molecular weight excluding hydrogens is 278 g/mol. The molecule has 22 heavy (non-hydrogen) atoms. The summed E-state index contributed by atoms with van der Waals surface area (Å²) in [5.41, 5.74) is 1.08. The first-order chi connectivity index (χ1) is 10.3. The van der Waals surface area contributed by atoms with Crippen LogP contribution in [0.1, 0.15) is 45.7 Å². The minimum absolute atomic E-state index is 0.177. The first-order valence-corrected chi connectivity index (χ1v) is 8.20. The number of hydrogen-bond acceptors (Lipinski definition) is 3. The van der Waals surface area contributed by atoms with Gasteiger partial charge >= 0.3 is 6.09 Å². The predicted molar refractivity (Wildman–Crippen MR) is 85.7 cm³/mol. The van der Waals surface area contributed by atoms with Crippen LogP contribution >= 0.6 is 0 Å². The van der Waals surface area contributed by atoms with E-state index in [1.807, 2.05) is 25.7 Å². The Morgan fingerprint density at radius 2 is 2.27 bits per heavy atom. The van der Waals surface area contributed by atoms with Gasteiger partial charge in [-0.15, -0.1) is 0 Å². The molecule has 0 aliphatic carbocycles. The molecule has 2 saturated heterocycles. The van der Waals surface area contributed by atoms with Crippen LogP contribution in [-0.4, -0.2) is 40.8 Å². The molecule has 5 heteroatoms. The Hall–Kier alpha value is -1.49. The van der Waals surface area contributed by atoms with Gasteiger partial charge in [0.1, 0.15) is 5.60 Å². The summed E-state index contributed by atoms with van der Waals surface area (Å²) in [6.45, 7) is 11.4. The molecule has 3 rings (SSSR count). The van der Waals surface area contributed by atoms with E-state index >= 15 is 0 Å². The van der Waals surface area contributed by atoms with Crippen molar-refractivity contribution in [3.63, 3.8) is 0 Å². The predicted octanol–water partition coefficient (Wildman–Crippen LogP) is 2.78. The summed E-state index contributed by atoms with van der Waals surface area (Å²) in [7, 11) is 0. The highest BCUT2D eigenvalue weighted by Gasteiger charge is 2.52. The summed E-state index contributed by atoms with van der Waals surface area (Å²) in [6, 6.07) is 2.55. The lowest BCUT2D eigenvalue weighted by atomic mass is 9.70. The number of nitrogens with one attached hydrogen (secondary N) is 1. The topological polar surface area (TPSA) is 46.5 Å². The molecule has 3 heterocycles. The molecule has 0 aromatic carbocycles. The number of nitrogens with zero attached hydrogens (tertiary/aromatic N) is 2. The number of aromatic nitrogens is 1. The highest BCUT2D eigenvalue weighted by atomic mass is 16.6. The normalized spacial score (nSPS) is 28.0. The lowest BCUT2D eigenvalue weighted by Crippen LogP contribution is -2.57. The molecule has 2 atom stereocenters. The number of carbonyl (C=O) groups is 1. The third-order valence-electron chi connectivity index (χ3n) is 4.78. The summed E-state index contributed by atoms with van der Waals surface area (Å²) < 4.78 is 7.71. The molecule has 2 aliphatic heterocycles. The highest BCUT2D eigenvalue weighted by Crippen LogP contribution is 2.48. The quantitative estimate of drug-likeness (QED) is 0.914. The van der Waals surface area contributed by atoms with Gasteiger partial charge in [0.2, 0.25) is 0 Å². The minimum atomic E-state index is -0.428. The SMILES string of the molecule is CCn1ccc(C2NCC23CCN(C(=O)OC(C)(C)C)C3)c1. The Kier molecular flexibility index (Phi) is 3.71. The molecule has 5 nitrogen and oxygen atoms in total. The maximum Gasteiger partial charge on any atom is 0.410 e. The molecule has 1 aromatic heterocycles. The molecule has 1 aromatic rings. The number of hydrogen-bond donors (Lipinski definition) is 1. The smallest absolute Gasteiger partial charge is 0.410 e. The van der Waals surface area contributed by atoms with Gasteiger partial charge < -0.3 is 19.5 Å². The first-order valence-electron chi connectivity index (χ1n) is 8.20. The molecule has 0 saturated carbocycles. The number of likely N-dealkylation sites (tertiary alicyclic amines) is 1. The minimum Gasteiger partial charge on any atom is -0.444 e. The first kappa shape index (κ1) is 15.4. The molecule has 1 N–H and O–H groups in total. The van der Waals surface area contributed by atoms with Crippen LogP contribution in [0.4, 0.5) is 4.79 Å². The molecule has 2 fully saturated rings. The van der Waals surface area contributed by atoms with Gasteiger partial charge in [0.25, 0.3) is 0 Å². The number of amides is 1. The highest BCUT2D eigenvalue weighted by molar-refractivity contribution is 5.68. The van der Waals surface area contributed by atoms with Gasteiger partial charge in [-0.3, -0.25) is 0 Å². The van der Waals surface area contributed by atoms with E-state index in [9.17, 15) is 4.79 Å². The van der Waals surface area contributed by atoms with Crippen molar-refractivity contribution in [2.45, 2.75) is 52.3 Å². The van der Waals surface area contributed by atoms with Crippen LogP contribution in [0.5, 0.6) is 0 Å². The summed E-state index contributed by atoms with van der Waals surface area (Å²) in [6.07, 6.45) is 5.21. The van der Waals surface area contributed by atoms with Crippen LogP contribution in [0, 0.1) is 5.41 Å². The van der Waals surface area contributed by atoms with Crippen molar-refractivity contribution in [1.82, 2.24) is 14.8 Å². The van der Waals surface area contributed by atoms with Gasteiger partial charge in [-0.2, -0.15) is 0 Å². The summed E-state index contributed by atoms with van der Waals surface area (Å²) in [5.74, 6) is 0. The van der Waals surface area contributed by atoms with Crippen LogP contribution in [-0.2, 0) is 11.3 Å². The van der Waals surface area contributed by atoms with Gasteiger partial charge in [0.15, 0.2) is 0 Å². The molecule has 1 spiro atoms. The monoisotopic (exact) mass is 305 g/mol. The van der Waals surface area contributed by atoms with E-state index in [0.29, 0.717) is 6.04 Å². The second kappa shape index (κ2) is 5.30. The molecule has 2 aliphatic rings. The Bertz CT molecular complexity index is 560. The fourth-order valence-electron chi connectivity index (χ4n) is 3.55. The zero-order valence-electron chi connectivity index (χ0n) is 14.1. The van der Waals surface area contributed by atoms with Gasteiger partial charge in [-0.05, 0) is 45.7 Å². The zero-order valence-corrected chi connectivity index (χ0v) is 14.1. The van der Waals surface area contributed by atoms with Crippen molar-refractivity contribution in [3.8, 4) is 0 Å². The van der Waals surface area contributed by atoms with Crippen molar-refractivity contribution in [2.24, 2.45) is 5.41 Å². The number of carbonyl (C=O) groups excluding carboxylic acids is 1. The summed E-state index contributed by atoms with van der Waals surface area (Å²) in [4.78, 5) is 14.1. The Labute approximate surface area is 132 Å². The molecule has 0 radical (unpaired) electrons. The van der Waals surface area contributed by atoms with E-state index in [2.05, 4.69) is 35.3 Å². The largest absolute Gasteiger partial charge is 0.444 e. The summed E-state index contributed by atoms with van der Waals surface area (Å²) >= 11 is 0. The Morgan fingerprint density at radius 3 is 2.82 bits per heavy atom. The van der Waals surface area contributed by atoms with Crippen molar-refractivity contribution in [3.05, 3.63) is 24.0 Å². The van der Waals surface area contributed by atoms with Gasteiger partial charge in [0, 0.05) is 50.0 Å². The van der Waals surface area contributed by atoms with Crippen molar-refractivity contribution < 1.29 is 9.53 Å². The number of ether oxygens (including phenoxy) is 1. The maximum absolute atomic E-state index is 12.3. The standard InChI is InChI=1S/C17H27N3O2/c1-5-19-8-6-13(10-19)14-17(11-18-14)7-9-20(12-17)15(21)22-16(2,3)4/h6,8,10,14,18H,5,7,9,11-12H2,1-4H3. The summed E-state index contributed by atoms with van der Waals surface area (Å²) in [5, 5.41) is 3.55. The van der Waals surface area contributed by atoms with Crippen molar-refractivity contribution >= 4 is 6.09 Å². The number of aryl methyl sites for hydroxylation is 1. The lowest BCUT2D eigenvalue weighted by molar-refractivity contribution is 0.0216. The van der Waals surface area contributed by atoms with E-state index in [0.717, 1.165) is 32.6 Å². The molecule has 0 bridgehead atoms. The van der Waals surface area contributed by atoms with Gasteiger partial charge in [0.05, 0.1) is 0 Å². The van der Waals surface area contributed by atoms with E-state index in [-0.39, 0.29) is 11.5 Å². The molecule has 1 amide bonds. The van der Waals surface area contributed by atoms with E-state index in [1.165, 1.54) is 5.56 Å². The lowest BCUT2D eigenvalue weighted by Gasteiger charge is -2.48. The van der Waals surface area contributed by atoms with Crippen molar-refractivity contribution in [2.75, 3.05) is 19.6 Å². The average molecular weight is 305 g/mol. The zero-order chi connectivity index (χ0) is 16.0. The molecule has 122 valence electrons. The van der Waals surface area contributed by atoms with Crippen LogP contribution in [0.15, 0.2) is 18.5 Å². The van der Waals surface area contributed by atoms with Gasteiger partial charge in [-0.25, -0.2) is 4.79 Å². The van der Waals surface area contributed by atoms with Crippen LogP contribution in [0.25, 0.3) is 0 Å². The fourth-order valence-corrected chi connectivity index (χ4v) is 3.55. The fraction of sp³-hybridized carbons (Fsp3) is 0.706. The third-order valence-corrected chi connectivity index (χ3v) is 4.78. The Balaban J connectivity index is 1.67. The number of rotatable bonds is 2. The van der Waals surface area contributed by atoms with E-state index < -0.39 is 5.60 Å². The Morgan fingerprint density at radius 1 is 1.50 bits per heavy atom. The van der Waals surface area contributed by atoms with Crippen LogP contribution in [0.3, 0.4) is 0 Å². The molecule has 2 unspecified atom stereocenters. The second-order valence-corrected chi connectivity index (χ2v) is 7.60. The van der Waals surface area contributed by atoms with Gasteiger partial charge in [-0.1, -0.05) is 0 Å². The maximum atomic E-state index is 12.3. The second-order valence-electron chi connectivity index (χ2n) is 7.60.